The van der Waals surface area contributed by atoms with Gasteiger partial charge < -0.3 is 5.73 Å². The van der Waals surface area contributed by atoms with Crippen LogP contribution in [0.1, 0.15) is 24.8 Å². The Kier molecular flexibility index (Phi) is 5.58. The van der Waals surface area contributed by atoms with Crippen LogP contribution < -0.4 is 5.73 Å². The first kappa shape index (κ1) is 12.9. The third-order valence-corrected chi connectivity index (χ3v) is 4.34. The molecule has 3 heteroatoms. The van der Waals surface area contributed by atoms with E-state index in [0.717, 1.165) is 13.0 Å². The Balaban J connectivity index is 3.05. The summed E-state index contributed by atoms with van der Waals surface area (Å²) in [5, 5.41) is 0. The summed E-state index contributed by atoms with van der Waals surface area (Å²) in [5.74, 6) is 0.560. The monoisotopic (exact) mass is 241 g/mol. The maximum atomic E-state index is 5.62. The molecule has 0 amide bonds. The van der Waals surface area contributed by atoms with Crippen LogP contribution >= 0.6 is 23.5 Å². The largest absolute Gasteiger partial charge is 0.330 e. The number of thioether (sulfide) groups is 2. The molecule has 15 heavy (non-hydrogen) atoms. The molecule has 0 spiro atoms. The predicted octanol–water partition coefficient (Wildman–Crippen LogP) is 3.58. The molecule has 0 aliphatic heterocycles. The number of rotatable bonds is 5. The Bertz CT molecular complexity index is 312. The zero-order valence-electron chi connectivity index (χ0n) is 9.62. The summed E-state index contributed by atoms with van der Waals surface area (Å²) in [6.45, 7) is 3.02. The maximum absolute atomic E-state index is 5.62. The van der Waals surface area contributed by atoms with Crippen molar-refractivity contribution in [3.63, 3.8) is 0 Å². The normalized spacial score (nSPS) is 12.8. The first-order valence-corrected chi connectivity index (χ1v) is 7.60. The lowest BCUT2D eigenvalue weighted by atomic mass is 9.98. The van der Waals surface area contributed by atoms with E-state index < -0.39 is 0 Å². The van der Waals surface area contributed by atoms with Gasteiger partial charge in [-0.3, -0.25) is 0 Å². The molecule has 1 atom stereocenters. The van der Waals surface area contributed by atoms with Gasteiger partial charge in [0.2, 0.25) is 0 Å². The molecule has 1 aromatic carbocycles. The molecule has 2 N–H and O–H groups in total. The number of hydrogen-bond donors (Lipinski definition) is 1. The van der Waals surface area contributed by atoms with Gasteiger partial charge in [-0.25, -0.2) is 0 Å². The van der Waals surface area contributed by atoms with Gasteiger partial charge in [-0.2, -0.15) is 0 Å². The molecular formula is C12H19NS2. The fourth-order valence-electron chi connectivity index (χ4n) is 1.71. The Labute approximate surface area is 101 Å². The van der Waals surface area contributed by atoms with Gasteiger partial charge in [-0.05, 0) is 43.0 Å². The smallest absolute Gasteiger partial charge is 0.0240 e. The molecule has 84 valence electrons. The van der Waals surface area contributed by atoms with Gasteiger partial charge in [0.05, 0.1) is 0 Å². The van der Waals surface area contributed by atoms with Crippen LogP contribution in [-0.2, 0) is 0 Å². The van der Waals surface area contributed by atoms with Crippen LogP contribution in [0.25, 0.3) is 0 Å². The second-order valence-corrected chi connectivity index (χ2v) is 5.23. The van der Waals surface area contributed by atoms with E-state index in [2.05, 4.69) is 37.6 Å². The van der Waals surface area contributed by atoms with Crippen molar-refractivity contribution in [2.45, 2.75) is 29.1 Å². The maximum Gasteiger partial charge on any atom is 0.0240 e. The zero-order chi connectivity index (χ0) is 11.3. The van der Waals surface area contributed by atoms with Crippen LogP contribution in [0, 0.1) is 0 Å². The van der Waals surface area contributed by atoms with Crippen molar-refractivity contribution < 1.29 is 0 Å². The second kappa shape index (κ2) is 6.46. The van der Waals surface area contributed by atoms with Gasteiger partial charge in [0, 0.05) is 9.79 Å². The minimum Gasteiger partial charge on any atom is -0.330 e. The fourth-order valence-corrected chi connectivity index (χ4v) is 3.50. The molecule has 0 aliphatic carbocycles. The fraction of sp³-hybridized carbons (Fsp3) is 0.500. The van der Waals surface area contributed by atoms with Crippen LogP contribution in [0.3, 0.4) is 0 Å². The van der Waals surface area contributed by atoms with Gasteiger partial charge in [-0.15, -0.1) is 23.5 Å². The standard InChI is InChI=1S/C12H19NS2/c1-9(7-8-13)10-5-4-6-11(14-2)12(10)15-3/h4-6,9H,7-8,13H2,1-3H3. The predicted molar refractivity (Wildman–Crippen MR) is 72.1 cm³/mol. The minimum absolute atomic E-state index is 0.560. The van der Waals surface area contributed by atoms with E-state index in [1.807, 2.05) is 23.5 Å². The first-order chi connectivity index (χ1) is 7.24. The highest BCUT2D eigenvalue weighted by atomic mass is 32.2. The highest BCUT2D eigenvalue weighted by Gasteiger charge is 2.12. The van der Waals surface area contributed by atoms with E-state index in [0.29, 0.717) is 5.92 Å². The average Bonchev–Trinajstić information content (AvgIpc) is 2.28. The Morgan fingerprint density at radius 1 is 1.27 bits per heavy atom. The first-order valence-electron chi connectivity index (χ1n) is 5.15. The summed E-state index contributed by atoms with van der Waals surface area (Å²) in [4.78, 5) is 2.80. The number of hydrogen-bond acceptors (Lipinski definition) is 3. The van der Waals surface area contributed by atoms with E-state index >= 15 is 0 Å². The molecule has 0 saturated heterocycles. The van der Waals surface area contributed by atoms with Crippen molar-refractivity contribution in [1.82, 2.24) is 0 Å². The Hall–Kier alpha value is -0.120. The van der Waals surface area contributed by atoms with Crippen molar-refractivity contribution in [2.24, 2.45) is 5.73 Å². The van der Waals surface area contributed by atoms with Gasteiger partial charge in [0.15, 0.2) is 0 Å². The molecule has 1 nitrogen and oxygen atoms in total. The average molecular weight is 241 g/mol. The molecular weight excluding hydrogens is 222 g/mol. The molecule has 0 bridgehead atoms. The summed E-state index contributed by atoms with van der Waals surface area (Å²) in [6, 6.07) is 6.56. The van der Waals surface area contributed by atoms with Crippen molar-refractivity contribution in [1.29, 1.82) is 0 Å². The lowest BCUT2D eigenvalue weighted by molar-refractivity contribution is 0.675. The summed E-state index contributed by atoms with van der Waals surface area (Å²) in [7, 11) is 0. The number of nitrogens with two attached hydrogens (primary N) is 1. The van der Waals surface area contributed by atoms with Crippen molar-refractivity contribution in [3.8, 4) is 0 Å². The molecule has 1 aromatic rings. The van der Waals surface area contributed by atoms with E-state index in [1.165, 1.54) is 15.4 Å². The van der Waals surface area contributed by atoms with E-state index in [1.54, 1.807) is 0 Å². The van der Waals surface area contributed by atoms with Crippen molar-refractivity contribution in [2.75, 3.05) is 19.1 Å². The highest BCUT2D eigenvalue weighted by Crippen LogP contribution is 2.35. The van der Waals surface area contributed by atoms with Gasteiger partial charge in [0.25, 0.3) is 0 Å². The SMILES string of the molecule is CSc1cccc(C(C)CCN)c1SC. The summed E-state index contributed by atoms with van der Waals surface area (Å²) in [6.07, 6.45) is 5.34. The van der Waals surface area contributed by atoms with Crippen LogP contribution in [0.15, 0.2) is 28.0 Å². The summed E-state index contributed by atoms with van der Waals surface area (Å²) in [5.41, 5.74) is 7.06. The lowest BCUT2D eigenvalue weighted by Gasteiger charge is -2.16. The third-order valence-electron chi connectivity index (χ3n) is 2.56. The van der Waals surface area contributed by atoms with E-state index in [9.17, 15) is 0 Å². The van der Waals surface area contributed by atoms with Crippen molar-refractivity contribution in [3.05, 3.63) is 23.8 Å². The topological polar surface area (TPSA) is 26.0 Å². The molecule has 0 heterocycles. The second-order valence-electron chi connectivity index (χ2n) is 3.56. The summed E-state index contributed by atoms with van der Waals surface area (Å²) < 4.78 is 0. The van der Waals surface area contributed by atoms with E-state index in [4.69, 9.17) is 5.73 Å². The van der Waals surface area contributed by atoms with Crippen LogP contribution in [0.5, 0.6) is 0 Å². The molecule has 0 saturated carbocycles. The minimum atomic E-state index is 0.560. The zero-order valence-corrected chi connectivity index (χ0v) is 11.3. The highest BCUT2D eigenvalue weighted by molar-refractivity contribution is 8.01. The van der Waals surface area contributed by atoms with Gasteiger partial charge >= 0.3 is 0 Å². The van der Waals surface area contributed by atoms with Gasteiger partial charge in [-0.1, -0.05) is 19.1 Å². The van der Waals surface area contributed by atoms with Crippen LogP contribution in [-0.4, -0.2) is 19.1 Å². The molecule has 1 rings (SSSR count). The van der Waals surface area contributed by atoms with Crippen LogP contribution in [0.2, 0.25) is 0 Å². The molecule has 0 fully saturated rings. The molecule has 1 unspecified atom stereocenters. The Morgan fingerprint density at radius 3 is 2.53 bits per heavy atom. The molecule has 0 radical (unpaired) electrons. The summed E-state index contributed by atoms with van der Waals surface area (Å²) >= 11 is 3.66. The Morgan fingerprint density at radius 2 is 2.00 bits per heavy atom. The van der Waals surface area contributed by atoms with Crippen molar-refractivity contribution >= 4 is 23.5 Å². The molecule has 0 aromatic heterocycles. The number of benzene rings is 1. The van der Waals surface area contributed by atoms with Gasteiger partial charge in [0.1, 0.15) is 0 Å². The third kappa shape index (κ3) is 3.16. The van der Waals surface area contributed by atoms with E-state index in [-0.39, 0.29) is 0 Å². The molecule has 0 aliphatic rings. The quantitative estimate of drug-likeness (QED) is 0.798. The van der Waals surface area contributed by atoms with Crippen LogP contribution in [0.4, 0.5) is 0 Å². The lowest BCUT2D eigenvalue weighted by Crippen LogP contribution is -2.05.